The molecule has 0 amide bonds. The van der Waals surface area contributed by atoms with Gasteiger partial charge < -0.3 is 0 Å². The highest BCUT2D eigenvalue weighted by Gasteiger charge is 2.10. The molecule has 7 heteroatoms. The molecule has 17 heavy (non-hydrogen) atoms. The van der Waals surface area contributed by atoms with Gasteiger partial charge in [0, 0.05) is 6.07 Å². The molecule has 1 aromatic carbocycles. The largest absolute Gasteiger partial charge is 0.271 e. The van der Waals surface area contributed by atoms with Gasteiger partial charge in [0.25, 0.3) is 0 Å². The third kappa shape index (κ3) is 3.16. The number of halogens is 2. The van der Waals surface area contributed by atoms with Crippen LogP contribution in [0.3, 0.4) is 0 Å². The van der Waals surface area contributed by atoms with Gasteiger partial charge >= 0.3 is 0 Å². The summed E-state index contributed by atoms with van der Waals surface area (Å²) in [7, 11) is 0. The van der Waals surface area contributed by atoms with Gasteiger partial charge in [0.05, 0.1) is 5.56 Å². The summed E-state index contributed by atoms with van der Waals surface area (Å²) in [6.45, 7) is 0. The van der Waals surface area contributed by atoms with Crippen LogP contribution in [0.2, 0.25) is 0 Å². The van der Waals surface area contributed by atoms with Crippen LogP contribution in [0.5, 0.6) is 0 Å². The second-order valence-corrected chi connectivity index (χ2v) is 3.55. The van der Waals surface area contributed by atoms with Crippen molar-refractivity contribution in [3.8, 4) is 12.3 Å². The Bertz CT molecular complexity index is 542. The number of benzene rings is 1. The lowest BCUT2D eigenvalue weighted by Gasteiger charge is -2.02. The van der Waals surface area contributed by atoms with E-state index in [4.69, 9.17) is 10.5 Å². The van der Waals surface area contributed by atoms with Crippen LogP contribution in [0.1, 0.15) is 5.56 Å². The molecular formula is C10H6F2N4S. The molecule has 86 valence electrons. The van der Waals surface area contributed by atoms with E-state index < -0.39 is 11.6 Å². The van der Waals surface area contributed by atoms with Crippen LogP contribution in [0.25, 0.3) is 0 Å². The van der Waals surface area contributed by atoms with Crippen molar-refractivity contribution in [1.82, 2.24) is 5.32 Å². The normalized spacial score (nSPS) is 10.5. The fourth-order valence-electron chi connectivity index (χ4n) is 0.990. The molecule has 0 aliphatic carbocycles. The Labute approximate surface area is 101 Å². The summed E-state index contributed by atoms with van der Waals surface area (Å²) in [4.78, 5) is 3.72. The van der Waals surface area contributed by atoms with Crippen molar-refractivity contribution < 1.29 is 8.78 Å². The fraction of sp³-hybridized carbons (Fsp3) is 0.100. The Morgan fingerprint density at radius 1 is 1.35 bits per heavy atom. The van der Waals surface area contributed by atoms with E-state index in [9.17, 15) is 8.78 Å². The van der Waals surface area contributed by atoms with Gasteiger partial charge in [-0.3, -0.25) is 5.32 Å². The van der Waals surface area contributed by atoms with E-state index in [0.717, 1.165) is 23.9 Å². The van der Waals surface area contributed by atoms with Crippen LogP contribution in [-0.4, -0.2) is 11.4 Å². The number of rotatable bonds is 1. The Hall–Kier alpha value is -2.12. The highest BCUT2D eigenvalue weighted by molar-refractivity contribution is 8.13. The van der Waals surface area contributed by atoms with Crippen molar-refractivity contribution in [2.75, 3.05) is 6.26 Å². The van der Waals surface area contributed by atoms with E-state index in [-0.39, 0.29) is 16.4 Å². The smallest absolute Gasteiger partial charge is 0.183 e. The number of hydrogen-bond donors (Lipinski definition) is 1. The van der Waals surface area contributed by atoms with E-state index >= 15 is 0 Å². The van der Waals surface area contributed by atoms with Gasteiger partial charge in [-0.15, -0.1) is 0 Å². The van der Waals surface area contributed by atoms with Crippen LogP contribution in [0.15, 0.2) is 17.1 Å². The second kappa shape index (κ2) is 5.83. The summed E-state index contributed by atoms with van der Waals surface area (Å²) >= 11 is 1.08. The minimum atomic E-state index is -0.856. The monoisotopic (exact) mass is 252 g/mol. The molecule has 0 aromatic heterocycles. The molecule has 1 N–H and O–H groups in total. The molecule has 0 radical (unpaired) electrons. The number of thioether (sulfide) groups is 1. The quantitative estimate of drug-likeness (QED) is 0.360. The lowest BCUT2D eigenvalue weighted by atomic mass is 10.2. The Kier molecular flexibility index (Phi) is 4.44. The first kappa shape index (κ1) is 12.9. The molecule has 0 aliphatic rings. The summed E-state index contributed by atoms with van der Waals surface area (Å²) in [6.07, 6.45) is 3.25. The van der Waals surface area contributed by atoms with Crippen LogP contribution in [0, 0.1) is 34.4 Å². The number of amidine groups is 1. The third-order valence-corrected chi connectivity index (χ3v) is 2.32. The molecule has 0 bridgehead atoms. The van der Waals surface area contributed by atoms with Gasteiger partial charge in [0.2, 0.25) is 0 Å². The predicted octanol–water partition coefficient (Wildman–Crippen LogP) is 2.26. The van der Waals surface area contributed by atoms with E-state index in [0.29, 0.717) is 0 Å². The Balaban J connectivity index is 3.21. The minimum Gasteiger partial charge on any atom is -0.271 e. The lowest BCUT2D eigenvalue weighted by molar-refractivity contribution is 0.599. The van der Waals surface area contributed by atoms with Gasteiger partial charge in [0.1, 0.15) is 23.4 Å². The lowest BCUT2D eigenvalue weighted by Crippen LogP contribution is -2.12. The van der Waals surface area contributed by atoms with Crippen LogP contribution in [0.4, 0.5) is 14.5 Å². The number of nitrogens with one attached hydrogen (secondary N) is 1. The van der Waals surface area contributed by atoms with E-state index in [1.54, 1.807) is 12.4 Å². The van der Waals surface area contributed by atoms with E-state index in [1.165, 1.54) is 6.07 Å². The maximum Gasteiger partial charge on any atom is 0.183 e. The molecule has 0 atom stereocenters. The molecule has 1 rings (SSSR count). The van der Waals surface area contributed by atoms with Crippen LogP contribution >= 0.6 is 11.8 Å². The third-order valence-electron chi connectivity index (χ3n) is 1.74. The van der Waals surface area contributed by atoms with Gasteiger partial charge in [0.15, 0.2) is 11.4 Å². The van der Waals surface area contributed by atoms with Gasteiger partial charge in [-0.25, -0.2) is 13.8 Å². The molecule has 0 saturated heterocycles. The summed E-state index contributed by atoms with van der Waals surface area (Å²) < 4.78 is 26.6. The van der Waals surface area contributed by atoms with Crippen molar-refractivity contribution in [3.63, 3.8) is 0 Å². The maximum atomic E-state index is 13.4. The number of aliphatic imine (C=N–C) groups is 1. The van der Waals surface area contributed by atoms with Crippen molar-refractivity contribution >= 4 is 22.6 Å². The van der Waals surface area contributed by atoms with E-state index in [2.05, 4.69) is 10.3 Å². The molecule has 0 unspecified atom stereocenters. The highest BCUT2D eigenvalue weighted by Crippen LogP contribution is 2.22. The van der Waals surface area contributed by atoms with Crippen molar-refractivity contribution in [1.29, 1.82) is 10.5 Å². The van der Waals surface area contributed by atoms with E-state index in [1.807, 2.05) is 0 Å². The zero-order valence-electron chi connectivity index (χ0n) is 8.66. The van der Waals surface area contributed by atoms with Crippen molar-refractivity contribution in [3.05, 3.63) is 29.3 Å². The van der Waals surface area contributed by atoms with Crippen LogP contribution in [-0.2, 0) is 0 Å². The molecule has 4 nitrogen and oxygen atoms in total. The summed E-state index contributed by atoms with van der Waals surface area (Å²) in [5.41, 5.74) is -0.658. The molecule has 0 heterocycles. The number of nitriles is 2. The predicted molar refractivity (Wildman–Crippen MR) is 60.4 cm³/mol. The first-order chi connectivity index (χ1) is 8.12. The van der Waals surface area contributed by atoms with Crippen molar-refractivity contribution in [2.45, 2.75) is 0 Å². The maximum absolute atomic E-state index is 13.4. The molecule has 1 aromatic rings. The molecular weight excluding hydrogens is 246 g/mol. The van der Waals surface area contributed by atoms with Gasteiger partial charge in [-0.05, 0) is 12.3 Å². The minimum absolute atomic E-state index is 0.135. The van der Waals surface area contributed by atoms with Gasteiger partial charge in [-0.1, -0.05) is 11.8 Å². The summed E-state index contributed by atoms with van der Waals surface area (Å²) in [6, 6.07) is 3.09. The first-order valence-corrected chi connectivity index (χ1v) is 5.51. The van der Waals surface area contributed by atoms with Crippen LogP contribution < -0.4 is 5.32 Å². The van der Waals surface area contributed by atoms with Crippen molar-refractivity contribution in [2.24, 2.45) is 4.99 Å². The second-order valence-electron chi connectivity index (χ2n) is 2.75. The van der Waals surface area contributed by atoms with Gasteiger partial charge in [-0.2, -0.15) is 10.5 Å². The first-order valence-electron chi connectivity index (χ1n) is 4.29. The summed E-state index contributed by atoms with van der Waals surface area (Å²) in [5.74, 6) is -1.68. The number of nitrogens with zero attached hydrogens (tertiary/aromatic N) is 3. The average Bonchev–Trinajstić information content (AvgIpc) is 2.32. The molecule has 0 fully saturated rings. The Morgan fingerprint density at radius 2 is 2.06 bits per heavy atom. The highest BCUT2D eigenvalue weighted by atomic mass is 32.2. The number of hydrogen-bond acceptors (Lipinski definition) is 4. The zero-order chi connectivity index (χ0) is 12.8. The molecule has 0 aliphatic heterocycles. The topological polar surface area (TPSA) is 72.0 Å². The SMILES string of the molecule is CSC(=Nc1cc(F)c(C#N)cc1F)NC#N. The summed E-state index contributed by atoms with van der Waals surface area (Å²) in [5, 5.41) is 19.2. The zero-order valence-corrected chi connectivity index (χ0v) is 9.48. The fourth-order valence-corrected chi connectivity index (χ4v) is 1.33. The molecule has 0 saturated carbocycles. The average molecular weight is 252 g/mol. The molecule has 0 spiro atoms. The standard InChI is InChI=1S/C10H6F2N4S/c1-17-10(15-5-14)16-9-3-7(11)6(4-13)2-8(9)12/h2-3H,1H3,(H,15,16). The Morgan fingerprint density at radius 3 is 2.59 bits per heavy atom.